The van der Waals surface area contributed by atoms with E-state index in [2.05, 4.69) is 33.0 Å². The first-order valence-corrected chi connectivity index (χ1v) is 8.62. The van der Waals surface area contributed by atoms with Crippen molar-refractivity contribution in [3.8, 4) is 17.0 Å². The molecule has 0 aliphatic carbocycles. The van der Waals surface area contributed by atoms with E-state index in [0.29, 0.717) is 0 Å². The number of rotatable bonds is 5. The van der Waals surface area contributed by atoms with E-state index in [-0.39, 0.29) is 0 Å². The molecule has 0 saturated heterocycles. The average Bonchev–Trinajstić information content (AvgIpc) is 3.25. The molecule has 3 heterocycles. The molecule has 1 aromatic carbocycles. The second-order valence-electron chi connectivity index (χ2n) is 6.33. The van der Waals surface area contributed by atoms with E-state index in [1.165, 1.54) is 0 Å². The normalized spacial score (nSPS) is 11.2. The molecule has 0 unspecified atom stereocenters. The number of hydrogen-bond donors (Lipinski definition) is 0. The zero-order chi connectivity index (χ0) is 18.1. The number of imidazole rings is 1. The molecular formula is C20H21N5O. The maximum atomic E-state index is 5.39. The number of fused-ring (bicyclic) bond motifs is 1. The smallest absolute Gasteiger partial charge is 0.198 e. The molecule has 0 atom stereocenters. The van der Waals surface area contributed by atoms with Crippen LogP contribution in [0.2, 0.25) is 0 Å². The van der Waals surface area contributed by atoms with Gasteiger partial charge in [0.15, 0.2) is 17.2 Å². The van der Waals surface area contributed by atoms with Gasteiger partial charge in [0.05, 0.1) is 12.8 Å². The highest BCUT2D eigenvalue weighted by Crippen LogP contribution is 2.21. The lowest BCUT2D eigenvalue weighted by Crippen LogP contribution is -2.01. The Morgan fingerprint density at radius 1 is 1.00 bits per heavy atom. The number of ether oxygens (including phenoxy) is 1. The Morgan fingerprint density at radius 3 is 2.58 bits per heavy atom. The number of aromatic nitrogens is 5. The first-order valence-electron chi connectivity index (χ1n) is 8.62. The number of methoxy groups -OCH3 is 1. The van der Waals surface area contributed by atoms with Gasteiger partial charge in [0, 0.05) is 37.3 Å². The van der Waals surface area contributed by atoms with Crippen molar-refractivity contribution >= 4 is 5.65 Å². The maximum Gasteiger partial charge on any atom is 0.198 e. The molecule has 6 nitrogen and oxygen atoms in total. The zero-order valence-corrected chi connectivity index (χ0v) is 15.2. The molecule has 0 radical (unpaired) electrons. The van der Waals surface area contributed by atoms with Crippen molar-refractivity contribution in [1.82, 2.24) is 24.1 Å². The van der Waals surface area contributed by atoms with Gasteiger partial charge in [-0.05, 0) is 19.1 Å². The Bertz CT molecular complexity index is 1050. The first kappa shape index (κ1) is 16.3. The van der Waals surface area contributed by atoms with Crippen LogP contribution in [0.15, 0.2) is 48.7 Å². The van der Waals surface area contributed by atoms with Gasteiger partial charge in [0.1, 0.15) is 5.82 Å². The highest BCUT2D eigenvalue weighted by atomic mass is 16.5. The van der Waals surface area contributed by atoms with Crippen molar-refractivity contribution < 1.29 is 4.74 Å². The van der Waals surface area contributed by atoms with Gasteiger partial charge >= 0.3 is 0 Å². The van der Waals surface area contributed by atoms with Crippen LogP contribution >= 0.6 is 0 Å². The van der Waals surface area contributed by atoms with Crippen LogP contribution < -0.4 is 4.74 Å². The zero-order valence-electron chi connectivity index (χ0n) is 15.2. The molecule has 0 N–H and O–H groups in total. The monoisotopic (exact) mass is 347 g/mol. The Kier molecular flexibility index (Phi) is 4.16. The molecule has 0 spiro atoms. The molecule has 3 aromatic heterocycles. The number of benzene rings is 1. The number of aryl methyl sites for hydroxylation is 4. The number of hydrogen-bond acceptors (Lipinski definition) is 4. The SMILES string of the molecule is COc1ccc(C)n2nc(CCc3nc(-c4ccccc4)cn3C)nc12. The van der Waals surface area contributed by atoms with Crippen molar-refractivity contribution in [2.75, 3.05) is 7.11 Å². The molecule has 0 fully saturated rings. The largest absolute Gasteiger partial charge is 0.493 e. The predicted octanol–water partition coefficient (Wildman–Crippen LogP) is 3.23. The van der Waals surface area contributed by atoms with Crippen molar-refractivity contribution in [2.24, 2.45) is 7.05 Å². The van der Waals surface area contributed by atoms with Crippen LogP contribution in [0.1, 0.15) is 17.3 Å². The standard InChI is InChI=1S/C20H21N5O/c1-14-9-10-17(26-3)20-22-18(23-25(14)20)11-12-19-21-16(13-24(19)2)15-7-5-4-6-8-15/h4-10,13H,11-12H2,1-3H3. The van der Waals surface area contributed by atoms with Gasteiger partial charge in [-0.1, -0.05) is 30.3 Å². The predicted molar refractivity (Wildman–Crippen MR) is 100 cm³/mol. The van der Waals surface area contributed by atoms with E-state index < -0.39 is 0 Å². The highest BCUT2D eigenvalue weighted by molar-refractivity contribution is 5.58. The maximum absolute atomic E-state index is 5.39. The van der Waals surface area contributed by atoms with Crippen LogP contribution in [0.25, 0.3) is 16.9 Å². The summed E-state index contributed by atoms with van der Waals surface area (Å²) in [7, 11) is 3.68. The Hall–Kier alpha value is -3.15. The van der Waals surface area contributed by atoms with E-state index in [9.17, 15) is 0 Å². The van der Waals surface area contributed by atoms with Crippen molar-refractivity contribution in [2.45, 2.75) is 19.8 Å². The Morgan fingerprint density at radius 2 is 1.81 bits per heavy atom. The van der Waals surface area contributed by atoms with Gasteiger partial charge in [0.2, 0.25) is 0 Å². The third-order valence-corrected chi connectivity index (χ3v) is 4.52. The van der Waals surface area contributed by atoms with E-state index >= 15 is 0 Å². The Labute approximate surface area is 152 Å². The minimum Gasteiger partial charge on any atom is -0.493 e. The van der Waals surface area contributed by atoms with E-state index in [1.54, 1.807) is 7.11 Å². The summed E-state index contributed by atoms with van der Waals surface area (Å²) < 4.78 is 9.30. The first-order chi connectivity index (χ1) is 12.7. The second-order valence-corrected chi connectivity index (χ2v) is 6.33. The molecule has 0 aliphatic rings. The number of nitrogens with zero attached hydrogens (tertiary/aromatic N) is 5. The molecule has 4 rings (SSSR count). The summed E-state index contributed by atoms with van der Waals surface area (Å²) in [4.78, 5) is 9.42. The fourth-order valence-electron chi connectivity index (χ4n) is 3.08. The van der Waals surface area contributed by atoms with Gasteiger partial charge in [0.25, 0.3) is 0 Å². The van der Waals surface area contributed by atoms with Crippen LogP contribution in [0.4, 0.5) is 0 Å². The van der Waals surface area contributed by atoms with Crippen LogP contribution in [-0.4, -0.2) is 31.3 Å². The van der Waals surface area contributed by atoms with Crippen molar-refractivity contribution in [3.05, 3.63) is 66.0 Å². The molecule has 0 bridgehead atoms. The molecular weight excluding hydrogens is 326 g/mol. The lowest BCUT2D eigenvalue weighted by molar-refractivity contribution is 0.416. The van der Waals surface area contributed by atoms with Gasteiger partial charge in [-0.2, -0.15) is 5.10 Å². The molecule has 26 heavy (non-hydrogen) atoms. The summed E-state index contributed by atoms with van der Waals surface area (Å²) in [6.07, 6.45) is 3.57. The van der Waals surface area contributed by atoms with Crippen LogP contribution in [0.3, 0.4) is 0 Å². The number of pyridine rings is 1. The van der Waals surface area contributed by atoms with Gasteiger partial charge < -0.3 is 9.30 Å². The third kappa shape index (κ3) is 2.94. The van der Waals surface area contributed by atoms with E-state index in [4.69, 9.17) is 9.72 Å². The molecule has 6 heteroatoms. The topological polar surface area (TPSA) is 57.2 Å². The van der Waals surface area contributed by atoms with Crippen molar-refractivity contribution in [3.63, 3.8) is 0 Å². The molecule has 0 amide bonds. The van der Waals surface area contributed by atoms with Crippen LogP contribution in [0.5, 0.6) is 5.75 Å². The minimum atomic E-state index is 0.726. The summed E-state index contributed by atoms with van der Waals surface area (Å²) in [5, 5.41) is 4.62. The summed E-state index contributed by atoms with van der Waals surface area (Å²) >= 11 is 0. The molecule has 132 valence electrons. The Balaban J connectivity index is 1.57. The second kappa shape index (κ2) is 6.63. The van der Waals surface area contributed by atoms with Gasteiger partial charge in [-0.3, -0.25) is 0 Å². The summed E-state index contributed by atoms with van der Waals surface area (Å²) in [5.41, 5.74) is 3.90. The average molecular weight is 347 g/mol. The fourth-order valence-corrected chi connectivity index (χ4v) is 3.08. The van der Waals surface area contributed by atoms with E-state index in [1.807, 2.05) is 48.8 Å². The van der Waals surface area contributed by atoms with E-state index in [0.717, 1.165) is 52.8 Å². The molecule has 0 aliphatic heterocycles. The highest BCUT2D eigenvalue weighted by Gasteiger charge is 2.12. The summed E-state index contributed by atoms with van der Waals surface area (Å²) in [6, 6.07) is 14.1. The molecule has 4 aromatic rings. The van der Waals surface area contributed by atoms with Crippen LogP contribution in [-0.2, 0) is 19.9 Å². The quantitative estimate of drug-likeness (QED) is 0.556. The minimum absolute atomic E-state index is 0.726. The van der Waals surface area contributed by atoms with Gasteiger partial charge in [-0.25, -0.2) is 14.5 Å². The lowest BCUT2D eigenvalue weighted by atomic mass is 10.2. The fraction of sp³-hybridized carbons (Fsp3) is 0.250. The molecule has 0 saturated carbocycles. The summed E-state index contributed by atoms with van der Waals surface area (Å²) in [5.74, 6) is 2.55. The lowest BCUT2D eigenvalue weighted by Gasteiger charge is -2.02. The third-order valence-electron chi connectivity index (χ3n) is 4.52. The van der Waals surface area contributed by atoms with Crippen molar-refractivity contribution in [1.29, 1.82) is 0 Å². The van der Waals surface area contributed by atoms with Gasteiger partial charge in [-0.15, -0.1) is 0 Å². The van der Waals surface area contributed by atoms with Crippen LogP contribution in [0, 0.1) is 6.92 Å². The summed E-state index contributed by atoms with van der Waals surface area (Å²) in [6.45, 7) is 2.01.